The number of nitrogens with zero attached hydrogens (tertiary/aromatic N) is 2. The summed E-state index contributed by atoms with van der Waals surface area (Å²) in [6, 6.07) is 13.9. The summed E-state index contributed by atoms with van der Waals surface area (Å²) in [6.07, 6.45) is 0. The van der Waals surface area contributed by atoms with E-state index in [-0.39, 0.29) is 19.0 Å². The van der Waals surface area contributed by atoms with Gasteiger partial charge in [0, 0.05) is 15.7 Å². The van der Waals surface area contributed by atoms with Crippen LogP contribution >= 0.6 is 23.2 Å². The van der Waals surface area contributed by atoms with Gasteiger partial charge in [-0.25, -0.2) is 0 Å². The Morgan fingerprint density at radius 2 is 1.68 bits per heavy atom. The quantitative estimate of drug-likeness (QED) is 0.747. The second-order valence-corrected chi connectivity index (χ2v) is 7.53. The second kappa shape index (κ2) is 8.20. The standard InChI is InChI=1S/C20H19Cl2N3O3/c1-20(19(27)28-2)12-25(24-18(20)13-3-5-14(21)6-4-13)11-17(26)23-16-9-7-15(22)8-10-16/h3-10H,11-12H2,1-2H3,(H,23,26). The van der Waals surface area contributed by atoms with Crippen LogP contribution in [0.25, 0.3) is 0 Å². The minimum absolute atomic E-state index is 0.00764. The van der Waals surface area contributed by atoms with Gasteiger partial charge in [-0.1, -0.05) is 35.3 Å². The number of nitrogens with one attached hydrogen (secondary N) is 1. The molecule has 0 fully saturated rings. The summed E-state index contributed by atoms with van der Waals surface area (Å²) in [5.74, 6) is -0.669. The van der Waals surface area contributed by atoms with Gasteiger partial charge in [0.25, 0.3) is 0 Å². The van der Waals surface area contributed by atoms with Crippen LogP contribution in [0.2, 0.25) is 10.0 Å². The molecule has 1 amide bonds. The molecule has 28 heavy (non-hydrogen) atoms. The minimum atomic E-state index is -0.997. The van der Waals surface area contributed by atoms with Gasteiger partial charge in [0.1, 0.15) is 12.0 Å². The van der Waals surface area contributed by atoms with Crippen LogP contribution in [0.5, 0.6) is 0 Å². The lowest BCUT2D eigenvalue weighted by atomic mass is 9.82. The average molecular weight is 420 g/mol. The number of methoxy groups -OCH3 is 1. The zero-order valence-corrected chi connectivity index (χ0v) is 16.9. The van der Waals surface area contributed by atoms with E-state index in [0.717, 1.165) is 5.56 Å². The highest BCUT2D eigenvalue weighted by atomic mass is 35.5. The molecule has 0 saturated heterocycles. The number of esters is 1. The molecule has 1 heterocycles. The van der Waals surface area contributed by atoms with Crippen LogP contribution < -0.4 is 5.32 Å². The van der Waals surface area contributed by atoms with Crippen molar-refractivity contribution in [2.45, 2.75) is 6.92 Å². The number of amides is 1. The predicted molar refractivity (Wildman–Crippen MR) is 110 cm³/mol. The van der Waals surface area contributed by atoms with E-state index in [9.17, 15) is 9.59 Å². The Balaban J connectivity index is 1.79. The number of carbonyl (C=O) groups is 2. The highest BCUT2D eigenvalue weighted by molar-refractivity contribution is 6.31. The van der Waals surface area contributed by atoms with Crippen LogP contribution in [0.3, 0.4) is 0 Å². The van der Waals surface area contributed by atoms with Gasteiger partial charge in [-0.05, 0) is 48.9 Å². The molecule has 146 valence electrons. The molecular weight excluding hydrogens is 401 g/mol. The molecule has 6 nitrogen and oxygen atoms in total. The third kappa shape index (κ3) is 4.29. The van der Waals surface area contributed by atoms with Gasteiger partial charge in [-0.3, -0.25) is 14.6 Å². The number of anilines is 1. The minimum Gasteiger partial charge on any atom is -0.468 e. The molecule has 0 aliphatic carbocycles. The van der Waals surface area contributed by atoms with Crippen molar-refractivity contribution in [1.29, 1.82) is 0 Å². The van der Waals surface area contributed by atoms with Gasteiger partial charge in [-0.2, -0.15) is 5.10 Å². The first-order valence-electron chi connectivity index (χ1n) is 8.55. The highest BCUT2D eigenvalue weighted by Gasteiger charge is 2.47. The first-order chi connectivity index (χ1) is 13.3. The van der Waals surface area contributed by atoms with Gasteiger partial charge < -0.3 is 10.1 Å². The lowest BCUT2D eigenvalue weighted by Crippen LogP contribution is -2.41. The van der Waals surface area contributed by atoms with Crippen LogP contribution in [0.1, 0.15) is 12.5 Å². The summed E-state index contributed by atoms with van der Waals surface area (Å²) >= 11 is 11.8. The van der Waals surface area contributed by atoms with E-state index in [1.165, 1.54) is 7.11 Å². The molecule has 8 heteroatoms. The number of carbonyl (C=O) groups excluding carboxylic acids is 2. The maximum absolute atomic E-state index is 12.5. The molecule has 1 unspecified atom stereocenters. The Morgan fingerprint density at radius 1 is 1.11 bits per heavy atom. The molecule has 0 spiro atoms. The molecule has 0 aromatic heterocycles. The third-order valence-corrected chi connectivity index (χ3v) is 4.97. The Labute approximate surface area is 173 Å². The number of hydrazone groups is 1. The molecule has 0 radical (unpaired) electrons. The number of hydrogen-bond donors (Lipinski definition) is 1. The van der Waals surface area contributed by atoms with Gasteiger partial charge in [0.05, 0.1) is 19.4 Å². The molecule has 1 atom stereocenters. The Bertz CT molecular complexity index is 913. The van der Waals surface area contributed by atoms with Crippen LogP contribution in [-0.2, 0) is 14.3 Å². The Kier molecular flexibility index (Phi) is 5.91. The molecular formula is C20H19Cl2N3O3. The van der Waals surface area contributed by atoms with E-state index in [1.54, 1.807) is 60.5 Å². The van der Waals surface area contributed by atoms with Crippen molar-refractivity contribution in [3.05, 3.63) is 64.1 Å². The average Bonchev–Trinajstić information content (AvgIpc) is 3.00. The van der Waals surface area contributed by atoms with E-state index in [1.807, 2.05) is 0 Å². The molecule has 0 saturated carbocycles. The van der Waals surface area contributed by atoms with E-state index >= 15 is 0 Å². The monoisotopic (exact) mass is 419 g/mol. The molecule has 2 aromatic carbocycles. The lowest BCUT2D eigenvalue weighted by Gasteiger charge is -2.23. The number of hydrogen-bond acceptors (Lipinski definition) is 5. The molecule has 1 aliphatic heterocycles. The normalized spacial score (nSPS) is 18.6. The van der Waals surface area contributed by atoms with Crippen LogP contribution in [0.15, 0.2) is 53.6 Å². The van der Waals surface area contributed by atoms with Crippen LogP contribution in [-0.4, -0.2) is 42.8 Å². The van der Waals surface area contributed by atoms with Crippen LogP contribution in [0, 0.1) is 5.41 Å². The summed E-state index contributed by atoms with van der Waals surface area (Å²) in [5, 5.41) is 10.0. The van der Waals surface area contributed by atoms with E-state index in [0.29, 0.717) is 21.4 Å². The van der Waals surface area contributed by atoms with Crippen molar-refractivity contribution in [1.82, 2.24) is 5.01 Å². The fourth-order valence-electron chi connectivity index (χ4n) is 3.09. The summed E-state index contributed by atoms with van der Waals surface area (Å²) in [6.45, 7) is 1.97. The zero-order chi connectivity index (χ0) is 20.3. The molecule has 0 bridgehead atoms. The summed E-state index contributed by atoms with van der Waals surface area (Å²) < 4.78 is 4.99. The number of benzene rings is 2. The second-order valence-electron chi connectivity index (χ2n) is 6.66. The number of ether oxygens (including phenoxy) is 1. The Morgan fingerprint density at radius 3 is 2.25 bits per heavy atom. The van der Waals surface area contributed by atoms with Gasteiger partial charge in [0.15, 0.2) is 0 Å². The molecule has 1 N–H and O–H groups in total. The van der Waals surface area contributed by atoms with Gasteiger partial charge >= 0.3 is 5.97 Å². The van der Waals surface area contributed by atoms with Crippen molar-refractivity contribution in [3.8, 4) is 0 Å². The number of rotatable bonds is 5. The SMILES string of the molecule is COC(=O)C1(C)CN(CC(=O)Nc2ccc(Cl)cc2)N=C1c1ccc(Cl)cc1. The first kappa shape index (κ1) is 20.2. The van der Waals surface area contributed by atoms with E-state index in [4.69, 9.17) is 27.9 Å². The van der Waals surface area contributed by atoms with Crippen molar-refractivity contribution in [3.63, 3.8) is 0 Å². The Hall–Kier alpha value is -2.57. The third-order valence-electron chi connectivity index (χ3n) is 4.47. The number of halogens is 2. The summed E-state index contributed by atoms with van der Waals surface area (Å²) in [7, 11) is 1.34. The van der Waals surface area contributed by atoms with Crippen molar-refractivity contribution in [2.24, 2.45) is 10.5 Å². The summed E-state index contributed by atoms with van der Waals surface area (Å²) in [5.41, 5.74) is 0.919. The molecule has 1 aliphatic rings. The van der Waals surface area contributed by atoms with Crippen molar-refractivity contribution < 1.29 is 14.3 Å². The first-order valence-corrected chi connectivity index (χ1v) is 9.31. The van der Waals surface area contributed by atoms with E-state index < -0.39 is 11.4 Å². The van der Waals surface area contributed by atoms with Crippen LogP contribution in [0.4, 0.5) is 5.69 Å². The predicted octanol–water partition coefficient (Wildman–Crippen LogP) is 3.83. The molecule has 2 aromatic rings. The lowest BCUT2D eigenvalue weighted by molar-refractivity contribution is -0.148. The fraction of sp³-hybridized carbons (Fsp3) is 0.250. The highest BCUT2D eigenvalue weighted by Crippen LogP contribution is 2.32. The largest absolute Gasteiger partial charge is 0.468 e. The summed E-state index contributed by atoms with van der Waals surface area (Å²) in [4.78, 5) is 24.9. The maximum atomic E-state index is 12.5. The van der Waals surface area contributed by atoms with Gasteiger partial charge in [-0.15, -0.1) is 0 Å². The molecule has 3 rings (SSSR count). The maximum Gasteiger partial charge on any atom is 0.319 e. The fourth-order valence-corrected chi connectivity index (χ4v) is 3.34. The smallest absolute Gasteiger partial charge is 0.319 e. The van der Waals surface area contributed by atoms with E-state index in [2.05, 4.69) is 10.4 Å². The topological polar surface area (TPSA) is 71.0 Å². The van der Waals surface area contributed by atoms with Crippen molar-refractivity contribution >= 4 is 46.5 Å². The van der Waals surface area contributed by atoms with Crippen molar-refractivity contribution in [2.75, 3.05) is 25.5 Å². The zero-order valence-electron chi connectivity index (χ0n) is 15.4. The van der Waals surface area contributed by atoms with Gasteiger partial charge in [0.2, 0.25) is 5.91 Å².